The molecule has 0 atom stereocenters. The molecule has 0 unspecified atom stereocenters. The van der Waals surface area contributed by atoms with Crippen LogP contribution in [0.4, 0.5) is 5.82 Å². The topological polar surface area (TPSA) is 91.3 Å². The van der Waals surface area contributed by atoms with Crippen LogP contribution in [-0.2, 0) is 18.4 Å². The normalized spacial score (nSPS) is 15.5. The number of carbonyl (C=O) groups excluding carboxylic acids is 1. The van der Waals surface area contributed by atoms with E-state index in [9.17, 15) is 14.9 Å². The lowest BCUT2D eigenvalue weighted by atomic mass is 10.0. The summed E-state index contributed by atoms with van der Waals surface area (Å²) < 4.78 is 7.15. The number of thioether (sulfide) groups is 1. The second kappa shape index (κ2) is 7.42. The zero-order valence-corrected chi connectivity index (χ0v) is 16.5. The summed E-state index contributed by atoms with van der Waals surface area (Å²) in [6, 6.07) is 5.54. The minimum Gasteiger partial charge on any atom is -0.467 e. The van der Waals surface area contributed by atoms with Gasteiger partial charge < -0.3 is 9.73 Å². The standard InChI is InChI=1S/C18H16N4O3S2/c1-10-12(7-14-17(24)22(3)18(26)27-14)15(20-9-11-5-4-6-25-11)21(2)16(23)13(10)8-19/h4-7,20H,9H2,1-3H3/b14-7-. The molecule has 1 saturated heterocycles. The number of carbonyl (C=O) groups is 1. The smallest absolute Gasteiger partial charge is 0.270 e. The highest BCUT2D eigenvalue weighted by atomic mass is 32.2. The second-order valence-electron chi connectivity index (χ2n) is 5.91. The van der Waals surface area contributed by atoms with Crippen molar-refractivity contribution in [3.63, 3.8) is 0 Å². The van der Waals surface area contributed by atoms with Crippen LogP contribution in [0.15, 0.2) is 32.5 Å². The first-order valence-corrected chi connectivity index (χ1v) is 9.19. The monoisotopic (exact) mass is 400 g/mol. The number of rotatable bonds is 4. The van der Waals surface area contributed by atoms with E-state index in [4.69, 9.17) is 16.6 Å². The third-order valence-corrected chi connectivity index (χ3v) is 5.76. The Balaban J connectivity index is 2.14. The van der Waals surface area contributed by atoms with Gasteiger partial charge in [-0.05, 0) is 30.7 Å². The molecular formula is C18H16N4O3S2. The fourth-order valence-electron chi connectivity index (χ4n) is 2.71. The molecule has 1 fully saturated rings. The summed E-state index contributed by atoms with van der Waals surface area (Å²) in [6.07, 6.45) is 3.23. The number of furan rings is 1. The molecule has 0 aromatic carbocycles. The number of nitrogens with one attached hydrogen (secondary N) is 1. The van der Waals surface area contributed by atoms with E-state index < -0.39 is 5.56 Å². The number of likely N-dealkylation sites (N-methyl/N-ethyl adjacent to an activating group) is 1. The second-order valence-corrected chi connectivity index (χ2v) is 7.59. The number of pyridine rings is 1. The number of amides is 1. The first-order valence-electron chi connectivity index (χ1n) is 7.96. The molecule has 3 rings (SSSR count). The van der Waals surface area contributed by atoms with Crippen molar-refractivity contribution in [2.24, 2.45) is 7.05 Å². The van der Waals surface area contributed by atoms with E-state index in [1.54, 1.807) is 39.4 Å². The quantitative estimate of drug-likeness (QED) is 0.623. The van der Waals surface area contributed by atoms with Crippen molar-refractivity contribution in [3.8, 4) is 6.07 Å². The molecule has 9 heteroatoms. The van der Waals surface area contributed by atoms with Gasteiger partial charge in [-0.15, -0.1) is 0 Å². The number of nitriles is 1. The van der Waals surface area contributed by atoms with E-state index in [-0.39, 0.29) is 11.5 Å². The summed E-state index contributed by atoms with van der Waals surface area (Å²) in [7, 11) is 3.19. The molecule has 0 radical (unpaired) electrons. The van der Waals surface area contributed by atoms with Crippen LogP contribution in [0.3, 0.4) is 0 Å². The average Bonchev–Trinajstić information content (AvgIpc) is 3.24. The molecule has 1 N–H and O–H groups in total. The van der Waals surface area contributed by atoms with Gasteiger partial charge in [-0.3, -0.25) is 19.1 Å². The zero-order valence-electron chi connectivity index (χ0n) is 14.9. The van der Waals surface area contributed by atoms with Crippen LogP contribution in [0.5, 0.6) is 0 Å². The molecule has 0 aliphatic carbocycles. The van der Waals surface area contributed by atoms with Crippen LogP contribution in [0.1, 0.15) is 22.5 Å². The minimum atomic E-state index is -0.405. The SMILES string of the molecule is Cc1c(/C=C2\SC(=S)N(C)C2=O)c(NCc2ccco2)n(C)c(=O)c1C#N. The Kier molecular flexibility index (Phi) is 5.21. The molecule has 1 amide bonds. The highest BCUT2D eigenvalue weighted by Gasteiger charge is 2.29. The summed E-state index contributed by atoms with van der Waals surface area (Å²) in [5, 5.41) is 12.6. The van der Waals surface area contributed by atoms with Gasteiger partial charge in [0.25, 0.3) is 11.5 Å². The Hall–Kier alpha value is -2.83. The molecule has 27 heavy (non-hydrogen) atoms. The Morgan fingerprint density at radius 2 is 2.15 bits per heavy atom. The van der Waals surface area contributed by atoms with Crippen LogP contribution in [0.2, 0.25) is 0 Å². The van der Waals surface area contributed by atoms with E-state index in [1.165, 1.54) is 21.2 Å². The van der Waals surface area contributed by atoms with Gasteiger partial charge in [-0.1, -0.05) is 24.0 Å². The van der Waals surface area contributed by atoms with Gasteiger partial charge in [0.05, 0.1) is 17.7 Å². The fourth-order valence-corrected chi connectivity index (χ4v) is 3.87. The lowest BCUT2D eigenvalue weighted by Gasteiger charge is -2.17. The molecule has 2 aromatic rings. The number of anilines is 1. The van der Waals surface area contributed by atoms with E-state index >= 15 is 0 Å². The van der Waals surface area contributed by atoms with E-state index in [0.29, 0.717) is 38.5 Å². The van der Waals surface area contributed by atoms with Crippen molar-refractivity contribution in [2.45, 2.75) is 13.5 Å². The molecule has 0 saturated carbocycles. The minimum absolute atomic E-state index is 0.0410. The summed E-state index contributed by atoms with van der Waals surface area (Å²) in [6.45, 7) is 2.04. The zero-order chi connectivity index (χ0) is 19.7. The van der Waals surface area contributed by atoms with Gasteiger partial charge in [0.1, 0.15) is 27.5 Å². The van der Waals surface area contributed by atoms with Gasteiger partial charge in [-0.25, -0.2) is 0 Å². The number of hydrogen-bond acceptors (Lipinski definition) is 7. The first-order chi connectivity index (χ1) is 12.8. The predicted molar refractivity (Wildman–Crippen MR) is 108 cm³/mol. The Labute approximate surface area is 165 Å². The van der Waals surface area contributed by atoms with Gasteiger partial charge >= 0.3 is 0 Å². The van der Waals surface area contributed by atoms with Crippen molar-refractivity contribution in [2.75, 3.05) is 12.4 Å². The molecule has 0 bridgehead atoms. The molecule has 1 aliphatic heterocycles. The Morgan fingerprint density at radius 3 is 2.70 bits per heavy atom. The number of thiocarbonyl (C=S) groups is 1. The maximum Gasteiger partial charge on any atom is 0.270 e. The maximum atomic E-state index is 12.5. The van der Waals surface area contributed by atoms with Crippen LogP contribution in [0, 0.1) is 18.3 Å². The maximum absolute atomic E-state index is 12.5. The van der Waals surface area contributed by atoms with Crippen molar-refractivity contribution in [1.82, 2.24) is 9.47 Å². The van der Waals surface area contributed by atoms with Crippen LogP contribution in [-0.4, -0.2) is 26.7 Å². The van der Waals surface area contributed by atoms with E-state index in [0.717, 1.165) is 0 Å². The van der Waals surface area contributed by atoms with E-state index in [1.807, 2.05) is 12.1 Å². The highest BCUT2D eigenvalue weighted by molar-refractivity contribution is 8.26. The first kappa shape index (κ1) is 18.9. The molecule has 7 nitrogen and oxygen atoms in total. The summed E-state index contributed by atoms with van der Waals surface area (Å²) in [4.78, 5) is 26.7. The highest BCUT2D eigenvalue weighted by Crippen LogP contribution is 2.34. The number of aromatic nitrogens is 1. The lowest BCUT2D eigenvalue weighted by molar-refractivity contribution is -0.121. The van der Waals surface area contributed by atoms with Gasteiger partial charge in [0.15, 0.2) is 0 Å². The molecule has 3 heterocycles. The average molecular weight is 400 g/mol. The predicted octanol–water partition coefficient (Wildman–Crippen LogP) is 2.60. The fraction of sp³-hybridized carbons (Fsp3) is 0.222. The molecule has 0 spiro atoms. The molecular weight excluding hydrogens is 384 g/mol. The van der Waals surface area contributed by atoms with Gasteiger partial charge in [0, 0.05) is 19.7 Å². The van der Waals surface area contributed by atoms with Crippen molar-refractivity contribution in [1.29, 1.82) is 5.26 Å². The molecule has 138 valence electrons. The number of hydrogen-bond donors (Lipinski definition) is 1. The van der Waals surface area contributed by atoms with Gasteiger partial charge in [-0.2, -0.15) is 5.26 Å². The number of nitrogens with zero attached hydrogens (tertiary/aromatic N) is 3. The third kappa shape index (κ3) is 3.41. The third-order valence-electron chi connectivity index (χ3n) is 4.27. The van der Waals surface area contributed by atoms with Crippen LogP contribution >= 0.6 is 24.0 Å². The van der Waals surface area contributed by atoms with Crippen molar-refractivity contribution < 1.29 is 9.21 Å². The molecule has 2 aromatic heterocycles. The van der Waals surface area contributed by atoms with Crippen molar-refractivity contribution >= 4 is 46.1 Å². The summed E-state index contributed by atoms with van der Waals surface area (Å²) >= 11 is 6.36. The summed E-state index contributed by atoms with van der Waals surface area (Å²) in [5.74, 6) is 0.971. The summed E-state index contributed by atoms with van der Waals surface area (Å²) in [5.41, 5.74) is 0.731. The van der Waals surface area contributed by atoms with Gasteiger partial charge in [0.2, 0.25) is 0 Å². The Morgan fingerprint density at radius 1 is 1.41 bits per heavy atom. The largest absolute Gasteiger partial charge is 0.467 e. The van der Waals surface area contributed by atoms with E-state index in [2.05, 4.69) is 5.32 Å². The van der Waals surface area contributed by atoms with Crippen LogP contribution < -0.4 is 10.9 Å². The Bertz CT molecular complexity index is 1060. The lowest BCUT2D eigenvalue weighted by Crippen LogP contribution is -2.26. The van der Waals surface area contributed by atoms with Crippen molar-refractivity contribution in [3.05, 3.63) is 56.1 Å². The van der Waals surface area contributed by atoms with Crippen LogP contribution in [0.25, 0.3) is 6.08 Å². The molecule has 1 aliphatic rings.